The topological polar surface area (TPSA) is 71.3 Å². The molecule has 1 aliphatic carbocycles. The van der Waals surface area contributed by atoms with Gasteiger partial charge in [-0.15, -0.1) is 0 Å². The van der Waals surface area contributed by atoms with Gasteiger partial charge in [-0.1, -0.05) is 24.4 Å². The average Bonchev–Trinajstić information content (AvgIpc) is 3.24. The van der Waals surface area contributed by atoms with Crippen LogP contribution in [0.4, 0.5) is 0 Å². The number of piperidine rings is 1. The van der Waals surface area contributed by atoms with Crippen molar-refractivity contribution in [1.82, 2.24) is 20.4 Å². The summed E-state index contributed by atoms with van der Waals surface area (Å²) < 4.78 is 5.38. The van der Waals surface area contributed by atoms with E-state index in [0.29, 0.717) is 17.6 Å². The van der Waals surface area contributed by atoms with E-state index < -0.39 is 0 Å². The molecule has 0 aromatic carbocycles. The highest BCUT2D eigenvalue weighted by molar-refractivity contribution is 5.91. The normalized spacial score (nSPS) is 21.5. The fraction of sp³-hybridized carbons (Fsp3) is 0.591. The summed E-state index contributed by atoms with van der Waals surface area (Å²) in [6.07, 6.45) is 12.2. The van der Waals surface area contributed by atoms with Crippen LogP contribution in [0.15, 0.2) is 35.1 Å². The molecule has 2 fully saturated rings. The van der Waals surface area contributed by atoms with E-state index in [1.807, 2.05) is 18.5 Å². The molecule has 3 heterocycles. The van der Waals surface area contributed by atoms with Crippen molar-refractivity contribution in [3.05, 3.63) is 47.6 Å². The van der Waals surface area contributed by atoms with E-state index in [9.17, 15) is 4.79 Å². The molecule has 2 aromatic rings. The molecular formula is C22H30N4O2. The van der Waals surface area contributed by atoms with Gasteiger partial charge in [0.25, 0.3) is 5.91 Å². The number of likely N-dealkylation sites (tertiary alicyclic amines) is 1. The van der Waals surface area contributed by atoms with E-state index in [2.05, 4.69) is 32.5 Å². The molecule has 0 radical (unpaired) electrons. The predicted octanol–water partition coefficient (Wildman–Crippen LogP) is 3.76. The molecule has 6 nitrogen and oxygen atoms in total. The van der Waals surface area contributed by atoms with Gasteiger partial charge in [-0.05, 0) is 55.8 Å². The second-order valence-electron chi connectivity index (χ2n) is 8.26. The molecule has 1 saturated heterocycles. The molecule has 4 rings (SSSR count). The van der Waals surface area contributed by atoms with Crippen LogP contribution in [0.2, 0.25) is 0 Å². The SMILES string of the molecule is O=C(NCC1CCCCC1)c1cc([C@H]2CCCN(Cc3ccncc3)C2)no1. The van der Waals surface area contributed by atoms with Gasteiger partial charge in [0, 0.05) is 44.0 Å². The van der Waals surface area contributed by atoms with Gasteiger partial charge in [0.2, 0.25) is 5.76 Å². The van der Waals surface area contributed by atoms with Gasteiger partial charge in [0.15, 0.2) is 0 Å². The van der Waals surface area contributed by atoms with E-state index in [-0.39, 0.29) is 5.91 Å². The Hall–Kier alpha value is -2.21. The number of carbonyl (C=O) groups is 1. The number of rotatable bonds is 6. The predicted molar refractivity (Wildman–Crippen MR) is 107 cm³/mol. The van der Waals surface area contributed by atoms with Crippen LogP contribution in [-0.4, -0.2) is 40.6 Å². The lowest BCUT2D eigenvalue weighted by atomic mass is 9.89. The van der Waals surface area contributed by atoms with E-state index in [1.165, 1.54) is 37.7 Å². The number of aromatic nitrogens is 2. The minimum absolute atomic E-state index is 0.131. The van der Waals surface area contributed by atoms with Crippen LogP contribution in [0.1, 0.15) is 72.7 Å². The highest BCUT2D eigenvalue weighted by Crippen LogP contribution is 2.28. The number of nitrogens with one attached hydrogen (secondary N) is 1. The van der Waals surface area contributed by atoms with Crippen LogP contribution in [0.25, 0.3) is 0 Å². The quantitative estimate of drug-likeness (QED) is 0.824. The lowest BCUT2D eigenvalue weighted by Crippen LogP contribution is -2.34. The Kier molecular flexibility index (Phi) is 6.37. The zero-order chi connectivity index (χ0) is 19.2. The monoisotopic (exact) mass is 382 g/mol. The Balaban J connectivity index is 1.30. The number of hydrogen-bond acceptors (Lipinski definition) is 5. The maximum atomic E-state index is 12.4. The van der Waals surface area contributed by atoms with E-state index in [4.69, 9.17) is 4.52 Å². The first-order valence-electron chi connectivity index (χ1n) is 10.6. The molecule has 1 N–H and O–H groups in total. The lowest BCUT2D eigenvalue weighted by Gasteiger charge is -2.31. The molecule has 1 atom stereocenters. The van der Waals surface area contributed by atoms with E-state index in [1.54, 1.807) is 0 Å². The molecular weight excluding hydrogens is 352 g/mol. The van der Waals surface area contributed by atoms with Gasteiger partial charge in [-0.25, -0.2) is 0 Å². The minimum Gasteiger partial charge on any atom is -0.351 e. The van der Waals surface area contributed by atoms with Gasteiger partial charge < -0.3 is 9.84 Å². The molecule has 0 unspecified atom stereocenters. The van der Waals surface area contributed by atoms with Crippen molar-refractivity contribution in [3.8, 4) is 0 Å². The van der Waals surface area contributed by atoms with Crippen LogP contribution >= 0.6 is 0 Å². The third-order valence-corrected chi connectivity index (χ3v) is 6.11. The fourth-order valence-electron chi connectivity index (χ4n) is 4.49. The number of hydrogen-bond donors (Lipinski definition) is 1. The van der Waals surface area contributed by atoms with Gasteiger partial charge >= 0.3 is 0 Å². The summed E-state index contributed by atoms with van der Waals surface area (Å²) in [4.78, 5) is 19.0. The third-order valence-electron chi connectivity index (χ3n) is 6.11. The summed E-state index contributed by atoms with van der Waals surface area (Å²) >= 11 is 0. The Morgan fingerprint density at radius 1 is 1.14 bits per heavy atom. The van der Waals surface area contributed by atoms with Crippen LogP contribution < -0.4 is 5.32 Å². The molecule has 0 spiro atoms. The van der Waals surface area contributed by atoms with Crippen molar-refractivity contribution in [2.75, 3.05) is 19.6 Å². The summed E-state index contributed by atoms with van der Waals surface area (Å²) in [6.45, 7) is 3.70. The van der Waals surface area contributed by atoms with E-state index in [0.717, 1.165) is 44.7 Å². The summed E-state index contributed by atoms with van der Waals surface area (Å²) in [5.74, 6) is 1.14. The first-order chi connectivity index (χ1) is 13.8. The van der Waals surface area contributed by atoms with Gasteiger partial charge in [-0.2, -0.15) is 0 Å². The third kappa shape index (κ3) is 4.98. The van der Waals surface area contributed by atoms with E-state index >= 15 is 0 Å². The zero-order valence-electron chi connectivity index (χ0n) is 16.5. The van der Waals surface area contributed by atoms with Gasteiger partial charge in [0.1, 0.15) is 0 Å². The molecule has 0 bridgehead atoms. The molecule has 1 amide bonds. The second kappa shape index (κ2) is 9.32. The number of carbonyl (C=O) groups excluding carboxylic acids is 1. The molecule has 1 saturated carbocycles. The highest BCUT2D eigenvalue weighted by atomic mass is 16.5. The van der Waals surface area contributed by atoms with Crippen molar-refractivity contribution in [1.29, 1.82) is 0 Å². The Morgan fingerprint density at radius 3 is 2.79 bits per heavy atom. The average molecular weight is 383 g/mol. The Bertz CT molecular complexity index is 755. The minimum atomic E-state index is -0.131. The summed E-state index contributed by atoms with van der Waals surface area (Å²) in [5.41, 5.74) is 2.18. The smallest absolute Gasteiger partial charge is 0.289 e. The first kappa shape index (κ1) is 19.1. The first-order valence-corrected chi connectivity index (χ1v) is 10.6. The second-order valence-corrected chi connectivity index (χ2v) is 8.26. The van der Waals surface area contributed by atoms with Crippen molar-refractivity contribution in [2.24, 2.45) is 5.92 Å². The van der Waals surface area contributed by atoms with Crippen molar-refractivity contribution in [2.45, 2.75) is 57.4 Å². The molecule has 2 aromatic heterocycles. The number of nitrogens with zero attached hydrogens (tertiary/aromatic N) is 3. The van der Waals surface area contributed by atoms with Crippen molar-refractivity contribution >= 4 is 5.91 Å². The van der Waals surface area contributed by atoms with Crippen molar-refractivity contribution in [3.63, 3.8) is 0 Å². The van der Waals surface area contributed by atoms with Crippen LogP contribution in [0, 0.1) is 5.92 Å². The molecule has 28 heavy (non-hydrogen) atoms. The number of amides is 1. The summed E-state index contributed by atoms with van der Waals surface area (Å²) in [5, 5.41) is 7.26. The maximum Gasteiger partial charge on any atom is 0.289 e. The summed E-state index contributed by atoms with van der Waals surface area (Å²) in [7, 11) is 0. The highest BCUT2D eigenvalue weighted by Gasteiger charge is 2.25. The Labute approximate surface area is 166 Å². The molecule has 1 aliphatic heterocycles. The van der Waals surface area contributed by atoms with Gasteiger partial charge in [0.05, 0.1) is 5.69 Å². The molecule has 2 aliphatic rings. The number of pyridine rings is 1. The standard InChI is InChI=1S/C22H30N4O2/c27-22(24-14-17-5-2-1-3-6-17)21-13-20(25-28-21)19-7-4-12-26(16-19)15-18-8-10-23-11-9-18/h8-11,13,17,19H,1-7,12,14-16H2,(H,24,27)/t19-/m0/s1. The molecule has 150 valence electrons. The summed E-state index contributed by atoms with van der Waals surface area (Å²) in [6, 6.07) is 5.97. The lowest BCUT2D eigenvalue weighted by molar-refractivity contribution is 0.0906. The fourth-order valence-corrected chi connectivity index (χ4v) is 4.49. The van der Waals surface area contributed by atoms with Crippen molar-refractivity contribution < 1.29 is 9.32 Å². The largest absolute Gasteiger partial charge is 0.351 e. The maximum absolute atomic E-state index is 12.4. The van der Waals surface area contributed by atoms with Gasteiger partial charge in [-0.3, -0.25) is 14.7 Å². The van der Waals surface area contributed by atoms with Crippen LogP contribution in [-0.2, 0) is 6.54 Å². The Morgan fingerprint density at radius 2 is 1.96 bits per heavy atom. The van der Waals surface area contributed by atoms with Crippen LogP contribution in [0.3, 0.4) is 0 Å². The van der Waals surface area contributed by atoms with Crippen LogP contribution in [0.5, 0.6) is 0 Å². The zero-order valence-corrected chi connectivity index (χ0v) is 16.5. The molecule has 6 heteroatoms.